The average Bonchev–Trinajstić information content (AvgIpc) is 2.44. The Bertz CT molecular complexity index is 262. The molecule has 0 amide bonds. The summed E-state index contributed by atoms with van der Waals surface area (Å²) in [5.74, 6) is -0.772. The number of piperazine rings is 1. The van der Waals surface area contributed by atoms with Gasteiger partial charge >= 0.3 is 6.18 Å². The number of nitrogens with zero attached hydrogens (tertiary/aromatic N) is 3. The highest BCUT2D eigenvalue weighted by Gasteiger charge is 2.47. The van der Waals surface area contributed by atoms with Crippen LogP contribution in [0.3, 0.4) is 0 Å². The van der Waals surface area contributed by atoms with Gasteiger partial charge in [0.05, 0.1) is 0 Å². The van der Waals surface area contributed by atoms with Gasteiger partial charge in [-0.25, -0.2) is 0 Å². The number of alkyl halides is 3. The van der Waals surface area contributed by atoms with Gasteiger partial charge in [0.25, 0.3) is 0 Å². The smallest absolute Gasteiger partial charge is 0.327 e. The number of hydrogen-bond donors (Lipinski definition) is 1. The third kappa shape index (κ3) is 1.41. The predicted molar refractivity (Wildman–Crippen MR) is 44.6 cm³/mol. The number of amidine groups is 1. The van der Waals surface area contributed by atoms with E-state index < -0.39 is 12.0 Å². The van der Waals surface area contributed by atoms with Gasteiger partial charge in [-0.15, -0.1) is 0 Å². The number of hydrogen-bond acceptors (Lipinski definition) is 4. The standard InChI is InChI=1S/C7H11F3N4/c1-13-5-4-11-2-3-14(5)6(12-13)7(8,9)10/h5,11H,2-4H2,1H3. The van der Waals surface area contributed by atoms with E-state index in [0.29, 0.717) is 19.6 Å². The lowest BCUT2D eigenvalue weighted by molar-refractivity contribution is -0.0695. The van der Waals surface area contributed by atoms with Crippen molar-refractivity contribution < 1.29 is 13.2 Å². The molecule has 1 fully saturated rings. The van der Waals surface area contributed by atoms with Crippen molar-refractivity contribution in [2.75, 3.05) is 26.7 Å². The minimum Gasteiger partial charge on any atom is -0.327 e. The average molecular weight is 208 g/mol. The first-order valence-corrected chi connectivity index (χ1v) is 4.36. The first-order valence-electron chi connectivity index (χ1n) is 4.36. The van der Waals surface area contributed by atoms with Crippen LogP contribution < -0.4 is 5.32 Å². The number of halogens is 3. The monoisotopic (exact) mass is 208 g/mol. The fraction of sp³-hybridized carbons (Fsp3) is 0.857. The van der Waals surface area contributed by atoms with Crippen LogP contribution in [0.15, 0.2) is 5.10 Å². The lowest BCUT2D eigenvalue weighted by atomic mass is 10.3. The SMILES string of the molecule is CN1N=C(C(F)(F)F)N2CCNCC12. The first-order chi connectivity index (χ1) is 6.50. The van der Waals surface area contributed by atoms with E-state index in [1.807, 2.05) is 0 Å². The number of nitrogens with one attached hydrogen (secondary N) is 1. The van der Waals surface area contributed by atoms with Gasteiger partial charge in [-0.3, -0.25) is 5.01 Å². The maximum atomic E-state index is 12.5. The van der Waals surface area contributed by atoms with Crippen LogP contribution >= 0.6 is 0 Å². The molecule has 0 spiro atoms. The van der Waals surface area contributed by atoms with Gasteiger partial charge in [0.2, 0.25) is 5.84 Å². The Labute approximate surface area is 79.3 Å². The molecular formula is C7H11F3N4. The van der Waals surface area contributed by atoms with Crippen LogP contribution in [0, 0.1) is 0 Å². The second-order valence-electron chi connectivity index (χ2n) is 3.37. The molecule has 2 aliphatic heterocycles. The Morgan fingerprint density at radius 1 is 1.50 bits per heavy atom. The van der Waals surface area contributed by atoms with Crippen molar-refractivity contribution in [1.29, 1.82) is 0 Å². The number of fused-ring (bicyclic) bond motifs is 1. The summed E-state index contributed by atoms with van der Waals surface area (Å²) in [7, 11) is 1.56. The van der Waals surface area contributed by atoms with Crippen molar-refractivity contribution >= 4 is 5.84 Å². The molecule has 1 atom stereocenters. The Kier molecular flexibility index (Phi) is 2.06. The Hall–Kier alpha value is -0.980. The number of likely N-dealkylation sites (N-methyl/N-ethyl adjacent to an activating group) is 1. The molecule has 80 valence electrons. The lowest BCUT2D eigenvalue weighted by Gasteiger charge is -2.34. The highest BCUT2D eigenvalue weighted by molar-refractivity contribution is 5.88. The lowest BCUT2D eigenvalue weighted by Crippen LogP contribution is -2.56. The van der Waals surface area contributed by atoms with Gasteiger partial charge < -0.3 is 10.2 Å². The summed E-state index contributed by atoms with van der Waals surface area (Å²) < 4.78 is 37.5. The van der Waals surface area contributed by atoms with E-state index in [9.17, 15) is 13.2 Å². The van der Waals surface area contributed by atoms with E-state index in [4.69, 9.17) is 0 Å². The fourth-order valence-electron chi connectivity index (χ4n) is 1.76. The maximum absolute atomic E-state index is 12.5. The Morgan fingerprint density at radius 2 is 2.21 bits per heavy atom. The third-order valence-electron chi connectivity index (χ3n) is 2.43. The highest BCUT2D eigenvalue weighted by atomic mass is 19.4. The molecule has 14 heavy (non-hydrogen) atoms. The van der Waals surface area contributed by atoms with Crippen LogP contribution in [0.2, 0.25) is 0 Å². The molecule has 2 heterocycles. The Balaban J connectivity index is 2.22. The highest BCUT2D eigenvalue weighted by Crippen LogP contribution is 2.27. The minimum absolute atomic E-state index is 0.291. The second-order valence-corrected chi connectivity index (χ2v) is 3.37. The van der Waals surface area contributed by atoms with E-state index in [-0.39, 0.29) is 6.17 Å². The van der Waals surface area contributed by atoms with E-state index in [1.165, 1.54) is 9.91 Å². The zero-order valence-corrected chi connectivity index (χ0v) is 7.67. The van der Waals surface area contributed by atoms with Gasteiger partial charge in [0, 0.05) is 26.7 Å². The van der Waals surface area contributed by atoms with Gasteiger partial charge in [-0.1, -0.05) is 0 Å². The predicted octanol–water partition coefficient (Wildman–Crippen LogP) is 0.0389. The maximum Gasteiger partial charge on any atom is 0.451 e. The molecule has 7 heteroatoms. The first kappa shape index (κ1) is 9.57. The van der Waals surface area contributed by atoms with E-state index in [1.54, 1.807) is 7.05 Å². The van der Waals surface area contributed by atoms with Crippen LogP contribution in [0.1, 0.15) is 0 Å². The Morgan fingerprint density at radius 3 is 2.86 bits per heavy atom. The van der Waals surface area contributed by atoms with E-state index in [0.717, 1.165) is 0 Å². The minimum atomic E-state index is -4.35. The fourth-order valence-corrected chi connectivity index (χ4v) is 1.76. The second kappa shape index (κ2) is 3.01. The van der Waals surface area contributed by atoms with Crippen molar-refractivity contribution in [1.82, 2.24) is 15.2 Å². The molecule has 0 radical (unpaired) electrons. The molecule has 0 aromatic rings. The summed E-state index contributed by atoms with van der Waals surface area (Å²) in [4.78, 5) is 1.30. The quantitative estimate of drug-likeness (QED) is 0.609. The summed E-state index contributed by atoms with van der Waals surface area (Å²) in [6.07, 6.45) is -4.64. The van der Waals surface area contributed by atoms with Crippen molar-refractivity contribution in [2.24, 2.45) is 5.10 Å². The largest absolute Gasteiger partial charge is 0.451 e. The summed E-state index contributed by atoms with van der Waals surface area (Å²) in [6, 6.07) is 0. The number of rotatable bonds is 0. The topological polar surface area (TPSA) is 30.9 Å². The van der Waals surface area contributed by atoms with Crippen LogP contribution in [0.4, 0.5) is 13.2 Å². The van der Waals surface area contributed by atoms with Crippen LogP contribution in [0.5, 0.6) is 0 Å². The van der Waals surface area contributed by atoms with Crippen molar-refractivity contribution in [3.8, 4) is 0 Å². The molecule has 0 saturated carbocycles. The molecular weight excluding hydrogens is 197 g/mol. The zero-order chi connectivity index (χ0) is 10.3. The van der Waals surface area contributed by atoms with Gasteiger partial charge in [-0.05, 0) is 0 Å². The van der Waals surface area contributed by atoms with E-state index in [2.05, 4.69) is 10.4 Å². The summed E-state index contributed by atoms with van der Waals surface area (Å²) in [6.45, 7) is 1.44. The zero-order valence-electron chi connectivity index (χ0n) is 7.67. The molecule has 4 nitrogen and oxygen atoms in total. The summed E-state index contributed by atoms with van der Waals surface area (Å²) >= 11 is 0. The number of hydrazone groups is 1. The third-order valence-corrected chi connectivity index (χ3v) is 2.43. The van der Waals surface area contributed by atoms with Crippen molar-refractivity contribution in [2.45, 2.75) is 12.3 Å². The molecule has 1 saturated heterocycles. The van der Waals surface area contributed by atoms with Crippen LogP contribution in [-0.2, 0) is 0 Å². The molecule has 0 bridgehead atoms. The van der Waals surface area contributed by atoms with E-state index >= 15 is 0 Å². The molecule has 2 aliphatic rings. The van der Waals surface area contributed by atoms with Crippen molar-refractivity contribution in [3.63, 3.8) is 0 Å². The van der Waals surface area contributed by atoms with Gasteiger partial charge in [0.15, 0.2) is 0 Å². The molecule has 0 aliphatic carbocycles. The molecule has 0 aromatic heterocycles. The van der Waals surface area contributed by atoms with Crippen LogP contribution in [-0.4, -0.2) is 54.8 Å². The normalized spacial score (nSPS) is 27.7. The van der Waals surface area contributed by atoms with Crippen molar-refractivity contribution in [3.05, 3.63) is 0 Å². The summed E-state index contributed by atoms with van der Waals surface area (Å²) in [5.41, 5.74) is 0. The van der Waals surface area contributed by atoms with Gasteiger partial charge in [-0.2, -0.15) is 18.3 Å². The van der Waals surface area contributed by atoms with Crippen LogP contribution in [0.25, 0.3) is 0 Å². The molecule has 1 unspecified atom stereocenters. The summed E-state index contributed by atoms with van der Waals surface area (Å²) in [5, 5.41) is 7.91. The van der Waals surface area contributed by atoms with Gasteiger partial charge in [0.1, 0.15) is 6.17 Å². The molecule has 1 N–H and O–H groups in total. The molecule has 0 aromatic carbocycles. The molecule has 2 rings (SSSR count).